The van der Waals surface area contributed by atoms with E-state index < -0.39 is 11.8 Å². The largest absolute Gasteiger partial charge is 0.394 e. The number of rotatable bonds is 2. The monoisotopic (exact) mass is 119 g/mol. The lowest BCUT2D eigenvalue weighted by atomic mass is 10.2. The maximum Gasteiger partial charge on any atom is 0.128 e. The topological polar surface area (TPSA) is 82.6 Å². The second-order valence-corrected chi connectivity index (χ2v) is 2.02. The summed E-state index contributed by atoms with van der Waals surface area (Å²) in [5, 5.41) is 28.0. The molecule has 0 saturated carbocycles. The summed E-state index contributed by atoms with van der Waals surface area (Å²) < 4.78 is 0. The molecule has 1 fully saturated rings. The van der Waals surface area contributed by atoms with Gasteiger partial charge < -0.3 is 15.3 Å². The number of aliphatic hydroxyl groups excluding tert-OH is 3. The highest BCUT2D eigenvalue weighted by Gasteiger charge is 2.52. The average molecular weight is 119 g/mol. The van der Waals surface area contributed by atoms with Crippen LogP contribution in [0.3, 0.4) is 0 Å². The van der Waals surface area contributed by atoms with Gasteiger partial charge in [-0.1, -0.05) is 0 Å². The molecule has 0 aliphatic carbocycles. The second kappa shape index (κ2) is 1.66. The fourth-order valence-corrected chi connectivity index (χ4v) is 0.545. The first-order valence-electron chi connectivity index (χ1n) is 2.43. The van der Waals surface area contributed by atoms with Crippen LogP contribution in [0.5, 0.6) is 0 Å². The first-order chi connectivity index (χ1) is 3.75. The Labute approximate surface area is 46.8 Å². The van der Waals surface area contributed by atoms with Gasteiger partial charge in [-0.2, -0.15) is 0 Å². The first-order valence-corrected chi connectivity index (χ1v) is 2.43. The van der Waals surface area contributed by atoms with Crippen LogP contribution in [0, 0.1) is 0 Å². The molecule has 1 saturated heterocycles. The molecule has 0 aromatic rings. The predicted molar refractivity (Wildman–Crippen MR) is 26.0 cm³/mol. The van der Waals surface area contributed by atoms with Gasteiger partial charge in [-0.25, -0.2) is 0 Å². The quantitative estimate of drug-likeness (QED) is 0.306. The fourth-order valence-electron chi connectivity index (χ4n) is 0.545. The van der Waals surface area contributed by atoms with Crippen LogP contribution in [0.1, 0.15) is 0 Å². The Hall–Kier alpha value is -0.160. The second-order valence-electron chi connectivity index (χ2n) is 2.02. The van der Waals surface area contributed by atoms with E-state index in [1.54, 1.807) is 0 Å². The number of hydrogen-bond donors (Lipinski definition) is 4. The van der Waals surface area contributed by atoms with Gasteiger partial charge >= 0.3 is 0 Å². The van der Waals surface area contributed by atoms with Crippen LogP contribution in [0.15, 0.2) is 0 Å². The van der Waals surface area contributed by atoms with Crippen molar-refractivity contribution in [3.63, 3.8) is 0 Å². The van der Waals surface area contributed by atoms with Gasteiger partial charge in [0.2, 0.25) is 0 Å². The molecule has 4 nitrogen and oxygen atoms in total. The molecule has 0 aromatic carbocycles. The number of nitrogens with one attached hydrogen (secondary N) is 1. The van der Waals surface area contributed by atoms with Crippen molar-refractivity contribution >= 4 is 0 Å². The Morgan fingerprint density at radius 3 is 1.75 bits per heavy atom. The molecule has 1 rings (SSSR count). The van der Waals surface area contributed by atoms with Gasteiger partial charge in [0.15, 0.2) is 0 Å². The normalized spacial score (nSPS) is 32.6. The molecule has 1 aliphatic heterocycles. The van der Waals surface area contributed by atoms with Crippen LogP contribution in [0.2, 0.25) is 0 Å². The van der Waals surface area contributed by atoms with E-state index in [-0.39, 0.29) is 13.2 Å². The molecule has 4 heteroatoms. The number of hydrogen-bond acceptors (Lipinski definition) is 4. The standard InChI is InChI=1S/C4H9NO3/c6-1-4(2-7)3(8)5-4/h3,5-8H,1-2H2/t3-/m1/s1. The van der Waals surface area contributed by atoms with Gasteiger partial charge in [0.25, 0.3) is 0 Å². The Morgan fingerprint density at radius 2 is 1.75 bits per heavy atom. The minimum atomic E-state index is -0.792. The zero-order valence-corrected chi connectivity index (χ0v) is 4.33. The highest BCUT2D eigenvalue weighted by molar-refractivity contribution is 5.07. The van der Waals surface area contributed by atoms with Crippen LogP contribution < -0.4 is 5.32 Å². The van der Waals surface area contributed by atoms with Crippen LogP contribution in [0.25, 0.3) is 0 Å². The van der Waals surface area contributed by atoms with E-state index in [1.807, 2.05) is 0 Å². The van der Waals surface area contributed by atoms with Crippen molar-refractivity contribution in [2.45, 2.75) is 11.8 Å². The Balaban J connectivity index is 2.39. The predicted octanol–water partition coefficient (Wildman–Crippen LogP) is -2.37. The summed E-state index contributed by atoms with van der Waals surface area (Å²) in [4.78, 5) is 0. The van der Waals surface area contributed by atoms with E-state index in [0.29, 0.717) is 0 Å². The summed E-state index contributed by atoms with van der Waals surface area (Å²) in [6.45, 7) is -0.435. The zero-order chi connectivity index (χ0) is 6.20. The first kappa shape index (κ1) is 5.97. The molecule has 0 aromatic heterocycles. The van der Waals surface area contributed by atoms with Gasteiger partial charge in [0.1, 0.15) is 11.8 Å². The molecule has 4 N–H and O–H groups in total. The molecule has 0 bridgehead atoms. The summed E-state index contributed by atoms with van der Waals surface area (Å²) in [7, 11) is 0. The zero-order valence-electron chi connectivity index (χ0n) is 4.33. The average Bonchev–Trinajstić information content (AvgIpc) is 2.43. The van der Waals surface area contributed by atoms with Crippen molar-refractivity contribution in [1.82, 2.24) is 5.32 Å². The van der Waals surface area contributed by atoms with Crippen molar-refractivity contribution in [3.8, 4) is 0 Å². The molecular formula is C4H9NO3. The molecule has 1 atom stereocenters. The molecule has 0 amide bonds. The van der Waals surface area contributed by atoms with Crippen molar-refractivity contribution in [2.24, 2.45) is 0 Å². The molecule has 0 radical (unpaired) electrons. The van der Waals surface area contributed by atoms with Crippen molar-refractivity contribution in [1.29, 1.82) is 0 Å². The smallest absolute Gasteiger partial charge is 0.128 e. The van der Waals surface area contributed by atoms with E-state index in [0.717, 1.165) is 0 Å². The Bertz CT molecular complexity index is 85.8. The highest BCUT2D eigenvalue weighted by atomic mass is 16.3. The molecule has 0 unspecified atom stereocenters. The lowest BCUT2D eigenvalue weighted by Gasteiger charge is -2.02. The van der Waals surface area contributed by atoms with Crippen molar-refractivity contribution in [2.75, 3.05) is 13.2 Å². The summed E-state index contributed by atoms with van der Waals surface area (Å²) >= 11 is 0. The minimum absolute atomic E-state index is 0.218. The number of aliphatic hydroxyl groups is 3. The summed E-state index contributed by atoms with van der Waals surface area (Å²) in [6.07, 6.45) is -0.725. The lowest BCUT2D eigenvalue weighted by molar-refractivity contribution is 0.135. The third-order valence-electron chi connectivity index (χ3n) is 1.43. The van der Waals surface area contributed by atoms with E-state index in [9.17, 15) is 0 Å². The van der Waals surface area contributed by atoms with Gasteiger partial charge in [0.05, 0.1) is 13.2 Å². The molecule has 48 valence electrons. The maximum absolute atomic E-state index is 8.65. The van der Waals surface area contributed by atoms with E-state index in [2.05, 4.69) is 5.32 Å². The third-order valence-corrected chi connectivity index (χ3v) is 1.43. The van der Waals surface area contributed by atoms with Gasteiger partial charge in [0, 0.05) is 0 Å². The van der Waals surface area contributed by atoms with E-state index in [4.69, 9.17) is 15.3 Å². The maximum atomic E-state index is 8.65. The summed E-state index contributed by atoms with van der Waals surface area (Å²) in [5.41, 5.74) is -0.792. The van der Waals surface area contributed by atoms with E-state index >= 15 is 0 Å². The van der Waals surface area contributed by atoms with Crippen LogP contribution in [-0.2, 0) is 0 Å². The van der Waals surface area contributed by atoms with Crippen LogP contribution in [-0.4, -0.2) is 40.3 Å². The van der Waals surface area contributed by atoms with Gasteiger partial charge in [-0.05, 0) is 0 Å². The fraction of sp³-hybridized carbons (Fsp3) is 1.00. The van der Waals surface area contributed by atoms with Crippen LogP contribution in [0.4, 0.5) is 0 Å². The Kier molecular flexibility index (Phi) is 1.24. The summed E-state index contributed by atoms with van der Waals surface area (Å²) in [5.74, 6) is 0. The minimum Gasteiger partial charge on any atom is -0.394 e. The van der Waals surface area contributed by atoms with Crippen molar-refractivity contribution in [3.05, 3.63) is 0 Å². The highest BCUT2D eigenvalue weighted by Crippen LogP contribution is 2.21. The molecular weight excluding hydrogens is 110 g/mol. The third kappa shape index (κ3) is 0.621. The summed E-state index contributed by atoms with van der Waals surface area (Å²) in [6, 6.07) is 0. The molecule has 0 spiro atoms. The van der Waals surface area contributed by atoms with E-state index in [1.165, 1.54) is 0 Å². The van der Waals surface area contributed by atoms with Gasteiger partial charge in [-0.15, -0.1) is 0 Å². The molecule has 1 aliphatic rings. The lowest BCUT2D eigenvalue weighted by Crippen LogP contribution is -2.27. The Morgan fingerprint density at radius 1 is 1.38 bits per heavy atom. The molecule has 1 heterocycles. The van der Waals surface area contributed by atoms with Crippen LogP contribution >= 0.6 is 0 Å². The van der Waals surface area contributed by atoms with Gasteiger partial charge in [-0.3, -0.25) is 5.32 Å². The molecule has 8 heavy (non-hydrogen) atoms. The SMILES string of the molecule is OCC1(CO)N[C@@H]1O. The van der Waals surface area contributed by atoms with Crippen molar-refractivity contribution < 1.29 is 15.3 Å².